The summed E-state index contributed by atoms with van der Waals surface area (Å²) in [6, 6.07) is 0. The molecule has 0 spiro atoms. The predicted molar refractivity (Wildman–Crippen MR) is 43.7 cm³/mol. The quantitative estimate of drug-likeness (QED) is 0.225. The van der Waals surface area contributed by atoms with Crippen molar-refractivity contribution in [2.45, 2.75) is 18.5 Å². The van der Waals surface area contributed by atoms with Crippen LogP contribution in [-0.4, -0.2) is 67.6 Å². The Bertz CT molecular complexity index is 152. The van der Waals surface area contributed by atoms with Crippen LogP contribution in [0.3, 0.4) is 0 Å². The SMILES string of the molecule is OCC(CO)(CO)C(O)CC(O)(O)O. The Labute approximate surface area is 80.5 Å². The summed E-state index contributed by atoms with van der Waals surface area (Å²) in [5, 5.41) is 61.4. The van der Waals surface area contributed by atoms with E-state index in [0.29, 0.717) is 0 Å². The van der Waals surface area contributed by atoms with Gasteiger partial charge in [-0.1, -0.05) is 0 Å². The minimum absolute atomic E-state index is 0.753. The van der Waals surface area contributed by atoms with E-state index < -0.39 is 43.7 Å². The molecule has 14 heavy (non-hydrogen) atoms. The van der Waals surface area contributed by atoms with Crippen LogP contribution in [0, 0.1) is 5.41 Å². The number of aliphatic hydroxyl groups excluding tert-OH is 4. The molecule has 0 aliphatic heterocycles. The Morgan fingerprint density at radius 1 is 0.857 bits per heavy atom. The van der Waals surface area contributed by atoms with Crippen LogP contribution in [0.5, 0.6) is 0 Å². The molecule has 7 N–H and O–H groups in total. The van der Waals surface area contributed by atoms with Gasteiger partial charge in [-0.3, -0.25) is 0 Å². The summed E-state index contributed by atoms with van der Waals surface area (Å²) in [5.41, 5.74) is -1.67. The lowest BCUT2D eigenvalue weighted by Crippen LogP contribution is -2.49. The molecule has 0 aliphatic rings. The lowest BCUT2D eigenvalue weighted by atomic mass is 9.82. The van der Waals surface area contributed by atoms with Crippen molar-refractivity contribution >= 4 is 0 Å². The molecule has 0 aromatic rings. The first-order valence-corrected chi connectivity index (χ1v) is 3.99. The van der Waals surface area contributed by atoms with E-state index in [4.69, 9.17) is 30.6 Å². The third-order valence-corrected chi connectivity index (χ3v) is 2.12. The van der Waals surface area contributed by atoms with E-state index >= 15 is 0 Å². The normalized spacial score (nSPS) is 15.6. The van der Waals surface area contributed by atoms with Crippen LogP contribution in [-0.2, 0) is 0 Å². The van der Waals surface area contributed by atoms with Crippen molar-refractivity contribution in [1.82, 2.24) is 0 Å². The maximum atomic E-state index is 9.34. The molecule has 1 atom stereocenters. The molecule has 86 valence electrons. The first-order valence-electron chi connectivity index (χ1n) is 3.99. The van der Waals surface area contributed by atoms with Crippen LogP contribution in [0.15, 0.2) is 0 Å². The maximum Gasteiger partial charge on any atom is 0.277 e. The standard InChI is InChI=1S/C7H16O7/c8-2-6(3-9,4-10)5(11)1-7(12,13)14/h5,8-14H,1-4H2. The predicted octanol–water partition coefficient (Wildman–Crippen LogP) is -3.67. The van der Waals surface area contributed by atoms with Gasteiger partial charge in [-0.25, -0.2) is 0 Å². The van der Waals surface area contributed by atoms with Crippen LogP contribution in [0.2, 0.25) is 0 Å². The first kappa shape index (κ1) is 13.7. The second-order valence-electron chi connectivity index (χ2n) is 3.33. The Kier molecular flexibility index (Phi) is 4.89. The highest BCUT2D eigenvalue weighted by Gasteiger charge is 2.40. The van der Waals surface area contributed by atoms with Gasteiger partial charge in [-0.05, 0) is 0 Å². The minimum Gasteiger partial charge on any atom is -0.396 e. The Balaban J connectivity index is 4.52. The van der Waals surface area contributed by atoms with E-state index in [9.17, 15) is 5.11 Å². The van der Waals surface area contributed by atoms with Crippen LogP contribution in [0.1, 0.15) is 6.42 Å². The van der Waals surface area contributed by atoms with Gasteiger partial charge < -0.3 is 35.7 Å². The van der Waals surface area contributed by atoms with E-state index in [0.717, 1.165) is 0 Å². The molecule has 0 aromatic heterocycles. The maximum absolute atomic E-state index is 9.34. The molecular weight excluding hydrogens is 196 g/mol. The summed E-state index contributed by atoms with van der Waals surface area (Å²) in [4.78, 5) is 0. The molecule has 0 radical (unpaired) electrons. The molecule has 0 amide bonds. The highest BCUT2D eigenvalue weighted by Crippen LogP contribution is 2.25. The van der Waals surface area contributed by atoms with Crippen LogP contribution < -0.4 is 0 Å². The van der Waals surface area contributed by atoms with Crippen molar-refractivity contribution in [3.63, 3.8) is 0 Å². The summed E-state index contributed by atoms with van der Waals surface area (Å²) in [6.07, 6.45) is -2.56. The van der Waals surface area contributed by atoms with Gasteiger partial charge in [-0.15, -0.1) is 0 Å². The van der Waals surface area contributed by atoms with Gasteiger partial charge in [0.2, 0.25) is 0 Å². The van der Waals surface area contributed by atoms with Crippen molar-refractivity contribution in [1.29, 1.82) is 0 Å². The molecule has 0 rings (SSSR count). The van der Waals surface area contributed by atoms with E-state index in [2.05, 4.69) is 0 Å². The van der Waals surface area contributed by atoms with Crippen molar-refractivity contribution in [3.8, 4) is 0 Å². The third-order valence-electron chi connectivity index (χ3n) is 2.12. The molecule has 1 unspecified atom stereocenters. The summed E-state index contributed by atoms with van der Waals surface area (Å²) in [7, 11) is 0. The monoisotopic (exact) mass is 212 g/mol. The summed E-state index contributed by atoms with van der Waals surface area (Å²) >= 11 is 0. The second kappa shape index (κ2) is 4.99. The number of hydrogen-bond donors (Lipinski definition) is 7. The molecule has 0 aromatic carbocycles. The summed E-state index contributed by atoms with van der Waals surface area (Å²) in [6.45, 7) is -2.26. The van der Waals surface area contributed by atoms with E-state index in [-0.39, 0.29) is 0 Å². The van der Waals surface area contributed by atoms with Gasteiger partial charge in [0, 0.05) is 0 Å². The molecule has 0 saturated carbocycles. The Morgan fingerprint density at radius 3 is 1.43 bits per heavy atom. The van der Waals surface area contributed by atoms with Crippen LogP contribution >= 0.6 is 0 Å². The van der Waals surface area contributed by atoms with Gasteiger partial charge in [0.1, 0.15) is 0 Å². The van der Waals surface area contributed by atoms with Gasteiger partial charge >= 0.3 is 0 Å². The molecule has 0 fully saturated rings. The van der Waals surface area contributed by atoms with Gasteiger partial charge in [0.15, 0.2) is 0 Å². The fourth-order valence-corrected chi connectivity index (χ4v) is 0.942. The molecule has 0 bridgehead atoms. The van der Waals surface area contributed by atoms with Crippen molar-refractivity contribution in [3.05, 3.63) is 0 Å². The average molecular weight is 212 g/mol. The molecular formula is C7H16O7. The summed E-state index contributed by atoms with van der Waals surface area (Å²) < 4.78 is 0. The first-order chi connectivity index (χ1) is 6.31. The Hall–Kier alpha value is -0.280. The lowest BCUT2D eigenvalue weighted by Gasteiger charge is -2.34. The molecule has 0 heterocycles. The van der Waals surface area contributed by atoms with E-state index in [1.807, 2.05) is 0 Å². The zero-order chi connectivity index (χ0) is 11.4. The molecule has 7 heteroatoms. The molecule has 0 aliphatic carbocycles. The van der Waals surface area contributed by atoms with Gasteiger partial charge in [-0.2, -0.15) is 0 Å². The zero-order valence-corrected chi connectivity index (χ0v) is 7.54. The average Bonchev–Trinajstić information content (AvgIpc) is 2.05. The summed E-state index contributed by atoms with van der Waals surface area (Å²) in [5.74, 6) is -3.11. The highest BCUT2D eigenvalue weighted by molar-refractivity contribution is 4.86. The fourth-order valence-electron chi connectivity index (χ4n) is 0.942. The second-order valence-corrected chi connectivity index (χ2v) is 3.33. The number of aliphatic hydroxyl groups is 7. The number of rotatable bonds is 6. The highest BCUT2D eigenvalue weighted by atomic mass is 16.7. The van der Waals surface area contributed by atoms with Gasteiger partial charge in [0.05, 0.1) is 37.8 Å². The smallest absolute Gasteiger partial charge is 0.277 e. The van der Waals surface area contributed by atoms with E-state index in [1.54, 1.807) is 0 Å². The largest absolute Gasteiger partial charge is 0.396 e. The minimum atomic E-state index is -3.11. The Morgan fingerprint density at radius 2 is 1.21 bits per heavy atom. The lowest BCUT2D eigenvalue weighted by molar-refractivity contribution is -0.328. The molecule has 0 saturated heterocycles. The third kappa shape index (κ3) is 3.46. The molecule has 7 nitrogen and oxygen atoms in total. The van der Waals surface area contributed by atoms with Crippen LogP contribution in [0.25, 0.3) is 0 Å². The van der Waals surface area contributed by atoms with Crippen molar-refractivity contribution in [2.75, 3.05) is 19.8 Å². The van der Waals surface area contributed by atoms with Gasteiger partial charge in [0.25, 0.3) is 5.97 Å². The zero-order valence-electron chi connectivity index (χ0n) is 7.54. The van der Waals surface area contributed by atoms with E-state index in [1.165, 1.54) is 0 Å². The van der Waals surface area contributed by atoms with Crippen molar-refractivity contribution in [2.24, 2.45) is 5.41 Å². The fraction of sp³-hybridized carbons (Fsp3) is 1.00. The number of hydrogen-bond acceptors (Lipinski definition) is 7. The van der Waals surface area contributed by atoms with Crippen molar-refractivity contribution < 1.29 is 35.7 Å². The van der Waals surface area contributed by atoms with Crippen LogP contribution in [0.4, 0.5) is 0 Å². The topological polar surface area (TPSA) is 142 Å².